The van der Waals surface area contributed by atoms with E-state index in [1.54, 1.807) is 6.07 Å². The first-order valence-corrected chi connectivity index (χ1v) is 6.54. The smallest absolute Gasteiger partial charge is 0.354 e. The van der Waals surface area contributed by atoms with E-state index >= 15 is 0 Å². The Kier molecular flexibility index (Phi) is 3.51. The Labute approximate surface area is 121 Å². The molecule has 4 nitrogen and oxygen atoms in total. The lowest BCUT2D eigenvalue weighted by atomic mass is 10.1. The van der Waals surface area contributed by atoms with Crippen molar-refractivity contribution in [3.05, 3.63) is 71.9 Å². The predicted octanol–water partition coefficient (Wildman–Crippen LogP) is 3.51. The molecule has 4 heteroatoms. The standard InChI is InChI=1S/C17H13NO3/c19-17(20)15-10-16(13-8-4-5-9-14(13)18-15)21-11-12-6-2-1-3-7-12/h1-10H,11H2,(H,19,20). The van der Waals surface area contributed by atoms with E-state index in [-0.39, 0.29) is 5.69 Å². The van der Waals surface area contributed by atoms with Crippen molar-refractivity contribution < 1.29 is 14.6 Å². The molecule has 1 N–H and O–H groups in total. The van der Waals surface area contributed by atoms with Gasteiger partial charge in [0.1, 0.15) is 12.4 Å². The molecule has 104 valence electrons. The zero-order chi connectivity index (χ0) is 14.7. The first-order valence-electron chi connectivity index (χ1n) is 6.54. The van der Waals surface area contributed by atoms with Gasteiger partial charge in [-0.1, -0.05) is 42.5 Å². The molecule has 0 aliphatic carbocycles. The van der Waals surface area contributed by atoms with Crippen molar-refractivity contribution in [2.75, 3.05) is 0 Å². The van der Waals surface area contributed by atoms with Crippen molar-refractivity contribution >= 4 is 16.9 Å². The number of rotatable bonds is 4. The maximum absolute atomic E-state index is 11.2. The van der Waals surface area contributed by atoms with E-state index in [2.05, 4.69) is 4.98 Å². The molecule has 0 amide bonds. The molecule has 0 fully saturated rings. The van der Waals surface area contributed by atoms with E-state index < -0.39 is 5.97 Å². The van der Waals surface area contributed by atoms with Crippen LogP contribution in [0.5, 0.6) is 5.75 Å². The Bertz CT molecular complexity index is 784. The number of carbonyl (C=O) groups is 1. The zero-order valence-corrected chi connectivity index (χ0v) is 11.2. The molecule has 0 atom stereocenters. The molecular weight excluding hydrogens is 266 g/mol. The van der Waals surface area contributed by atoms with Crippen molar-refractivity contribution in [3.8, 4) is 5.75 Å². The minimum atomic E-state index is -1.06. The van der Waals surface area contributed by atoms with Crippen LogP contribution in [0.1, 0.15) is 16.1 Å². The lowest BCUT2D eigenvalue weighted by molar-refractivity contribution is 0.0690. The largest absolute Gasteiger partial charge is 0.488 e. The quantitative estimate of drug-likeness (QED) is 0.794. The van der Waals surface area contributed by atoms with Crippen LogP contribution in [0.15, 0.2) is 60.7 Å². The molecule has 0 saturated carbocycles. The Morgan fingerprint density at radius 2 is 1.76 bits per heavy atom. The second-order valence-corrected chi connectivity index (χ2v) is 4.60. The Morgan fingerprint density at radius 1 is 1.05 bits per heavy atom. The highest BCUT2D eigenvalue weighted by molar-refractivity contribution is 5.93. The van der Waals surface area contributed by atoms with E-state index in [9.17, 15) is 4.79 Å². The Morgan fingerprint density at radius 3 is 2.52 bits per heavy atom. The lowest BCUT2D eigenvalue weighted by Gasteiger charge is -2.10. The van der Waals surface area contributed by atoms with Crippen LogP contribution in [-0.2, 0) is 6.61 Å². The fraction of sp³-hybridized carbons (Fsp3) is 0.0588. The first kappa shape index (κ1) is 13.1. The van der Waals surface area contributed by atoms with E-state index in [4.69, 9.17) is 9.84 Å². The van der Waals surface area contributed by atoms with Crippen LogP contribution < -0.4 is 4.74 Å². The SMILES string of the molecule is O=C(O)c1cc(OCc2ccccc2)c2ccccc2n1. The average Bonchev–Trinajstić information content (AvgIpc) is 2.53. The van der Waals surface area contributed by atoms with Crippen LogP contribution in [0.25, 0.3) is 10.9 Å². The molecule has 0 radical (unpaired) electrons. The molecule has 3 rings (SSSR count). The summed E-state index contributed by atoms with van der Waals surface area (Å²) in [4.78, 5) is 15.3. The number of hydrogen-bond donors (Lipinski definition) is 1. The number of carboxylic acid groups (broad SMARTS) is 1. The molecule has 0 aliphatic rings. The molecule has 0 bridgehead atoms. The molecule has 2 aromatic carbocycles. The van der Waals surface area contributed by atoms with Gasteiger partial charge in [0.2, 0.25) is 0 Å². The van der Waals surface area contributed by atoms with Crippen molar-refractivity contribution in [2.45, 2.75) is 6.61 Å². The topological polar surface area (TPSA) is 59.4 Å². The van der Waals surface area contributed by atoms with Crippen LogP contribution in [0.3, 0.4) is 0 Å². The predicted molar refractivity (Wildman–Crippen MR) is 79.5 cm³/mol. The summed E-state index contributed by atoms with van der Waals surface area (Å²) in [5.74, 6) is -0.535. The molecule has 1 aromatic heterocycles. The number of nitrogens with zero attached hydrogens (tertiary/aromatic N) is 1. The van der Waals surface area contributed by atoms with Gasteiger partial charge in [-0.3, -0.25) is 0 Å². The van der Waals surface area contributed by atoms with Crippen molar-refractivity contribution in [2.24, 2.45) is 0 Å². The second kappa shape index (κ2) is 5.63. The number of aromatic nitrogens is 1. The normalized spacial score (nSPS) is 10.5. The summed E-state index contributed by atoms with van der Waals surface area (Å²) < 4.78 is 5.79. The summed E-state index contributed by atoms with van der Waals surface area (Å²) in [6.07, 6.45) is 0. The summed E-state index contributed by atoms with van der Waals surface area (Å²) in [7, 11) is 0. The number of carboxylic acids is 1. The Hall–Kier alpha value is -2.88. The van der Waals surface area contributed by atoms with E-state index in [0.717, 1.165) is 10.9 Å². The van der Waals surface area contributed by atoms with Gasteiger partial charge in [0.05, 0.1) is 5.52 Å². The minimum Gasteiger partial charge on any atom is -0.488 e. The number of ether oxygens (including phenoxy) is 1. The molecule has 21 heavy (non-hydrogen) atoms. The van der Waals surface area contributed by atoms with Crippen molar-refractivity contribution in [1.82, 2.24) is 4.98 Å². The summed E-state index contributed by atoms with van der Waals surface area (Å²) in [6.45, 7) is 0.383. The number of para-hydroxylation sites is 1. The Balaban J connectivity index is 1.98. The second-order valence-electron chi connectivity index (χ2n) is 4.60. The highest BCUT2D eigenvalue weighted by Gasteiger charge is 2.11. The maximum Gasteiger partial charge on any atom is 0.354 e. The van der Waals surface area contributed by atoms with Crippen molar-refractivity contribution in [1.29, 1.82) is 0 Å². The third kappa shape index (κ3) is 2.84. The van der Waals surface area contributed by atoms with Crippen LogP contribution in [-0.4, -0.2) is 16.1 Å². The van der Waals surface area contributed by atoms with E-state index in [0.29, 0.717) is 17.9 Å². The fourth-order valence-electron chi connectivity index (χ4n) is 2.11. The summed E-state index contributed by atoms with van der Waals surface area (Å²) >= 11 is 0. The molecule has 0 unspecified atom stereocenters. The maximum atomic E-state index is 11.2. The molecular formula is C17H13NO3. The molecule has 0 saturated heterocycles. The van der Waals surface area contributed by atoms with Gasteiger partial charge in [-0.15, -0.1) is 0 Å². The van der Waals surface area contributed by atoms with Gasteiger partial charge in [-0.25, -0.2) is 9.78 Å². The lowest BCUT2D eigenvalue weighted by Crippen LogP contribution is -2.03. The van der Waals surface area contributed by atoms with E-state index in [1.807, 2.05) is 48.5 Å². The number of fused-ring (bicyclic) bond motifs is 1. The highest BCUT2D eigenvalue weighted by Crippen LogP contribution is 2.26. The van der Waals surface area contributed by atoms with Gasteiger partial charge in [-0.2, -0.15) is 0 Å². The van der Waals surface area contributed by atoms with Gasteiger partial charge >= 0.3 is 5.97 Å². The monoisotopic (exact) mass is 279 g/mol. The molecule has 0 aliphatic heterocycles. The zero-order valence-electron chi connectivity index (χ0n) is 11.2. The number of benzene rings is 2. The molecule has 0 spiro atoms. The van der Waals surface area contributed by atoms with Crippen LogP contribution in [0.4, 0.5) is 0 Å². The first-order chi connectivity index (χ1) is 10.2. The number of hydrogen-bond acceptors (Lipinski definition) is 3. The third-order valence-corrected chi connectivity index (χ3v) is 3.13. The summed E-state index contributed by atoms with van der Waals surface area (Å²) in [5, 5.41) is 9.94. The number of pyridine rings is 1. The number of aromatic carboxylic acids is 1. The van der Waals surface area contributed by atoms with Gasteiger partial charge in [0.15, 0.2) is 5.69 Å². The highest BCUT2D eigenvalue weighted by atomic mass is 16.5. The van der Waals surface area contributed by atoms with E-state index in [1.165, 1.54) is 6.07 Å². The average molecular weight is 279 g/mol. The fourth-order valence-corrected chi connectivity index (χ4v) is 2.11. The molecule has 3 aromatic rings. The third-order valence-electron chi connectivity index (χ3n) is 3.13. The molecule has 1 heterocycles. The summed E-state index contributed by atoms with van der Waals surface area (Å²) in [6, 6.07) is 18.5. The summed E-state index contributed by atoms with van der Waals surface area (Å²) in [5.41, 5.74) is 1.62. The van der Waals surface area contributed by atoms with Crippen LogP contribution in [0.2, 0.25) is 0 Å². The van der Waals surface area contributed by atoms with Gasteiger partial charge in [-0.05, 0) is 17.7 Å². The van der Waals surface area contributed by atoms with Gasteiger partial charge in [0.25, 0.3) is 0 Å². The van der Waals surface area contributed by atoms with Crippen LogP contribution in [0, 0.1) is 0 Å². The van der Waals surface area contributed by atoms with Gasteiger partial charge in [0, 0.05) is 11.5 Å². The van der Waals surface area contributed by atoms with Crippen molar-refractivity contribution in [3.63, 3.8) is 0 Å². The van der Waals surface area contributed by atoms with Crippen LogP contribution >= 0.6 is 0 Å². The van der Waals surface area contributed by atoms with Gasteiger partial charge < -0.3 is 9.84 Å². The minimum absolute atomic E-state index is 0.0169.